The smallest absolute Gasteiger partial charge is 0.382 e. The topological polar surface area (TPSA) is 231 Å². The summed E-state index contributed by atoms with van der Waals surface area (Å²) in [5.74, 6) is 0.206. The predicted octanol–water partition coefficient (Wildman–Crippen LogP) is 1.95. The van der Waals surface area contributed by atoms with Crippen LogP contribution in [-0.2, 0) is 27.7 Å². The van der Waals surface area contributed by atoms with E-state index in [2.05, 4.69) is 42.2 Å². The first-order valence-corrected chi connectivity index (χ1v) is 16.9. The minimum absolute atomic E-state index is 0.140. The number of nitrogens with two attached hydrogens (primary N) is 2. The lowest BCUT2D eigenvalue weighted by Gasteiger charge is -2.19. The summed E-state index contributed by atoms with van der Waals surface area (Å²) in [6.45, 7) is -4.14. The van der Waals surface area contributed by atoms with Crippen molar-refractivity contribution in [2.45, 2.75) is 43.9 Å². The zero-order chi connectivity index (χ0) is 28.7. The van der Waals surface area contributed by atoms with Crippen molar-refractivity contribution in [3.63, 3.8) is 0 Å². The molecule has 6 heterocycles. The van der Waals surface area contributed by atoms with Crippen LogP contribution in [0.5, 0.6) is 0 Å². The normalized spacial score (nSPS) is 27.0. The Labute approximate surface area is 238 Å². The van der Waals surface area contributed by atoms with Crippen LogP contribution in [0, 0.1) is 5.92 Å². The first kappa shape index (κ1) is 28.4. The number of nitrogens with zero attached hydrogens (tertiary/aromatic N) is 8. The number of nitrogen functional groups attached to an aromatic ring is 2. The fraction of sp³-hybridized carbons (Fsp3) is 0.524. The Morgan fingerprint density at radius 1 is 0.976 bits per heavy atom. The Kier molecular flexibility index (Phi) is 8.00. The van der Waals surface area contributed by atoms with Gasteiger partial charge in [0.15, 0.2) is 31.0 Å². The lowest BCUT2D eigenvalue weighted by molar-refractivity contribution is -0.0237. The van der Waals surface area contributed by atoms with Crippen LogP contribution < -0.4 is 11.5 Å². The zero-order valence-corrected chi connectivity index (χ0v) is 24.3. The van der Waals surface area contributed by atoms with E-state index in [0.29, 0.717) is 47.4 Å². The molecule has 41 heavy (non-hydrogen) atoms. The number of fused-ring (bicyclic) bond motifs is 2. The molecule has 7 atom stereocenters. The van der Waals surface area contributed by atoms with Gasteiger partial charge in [-0.25, -0.2) is 34.5 Å². The second kappa shape index (κ2) is 11.5. The van der Waals surface area contributed by atoms with Gasteiger partial charge in [0.1, 0.15) is 36.1 Å². The summed E-state index contributed by atoms with van der Waals surface area (Å²) < 4.78 is 51.2. The molecule has 6 rings (SSSR count). The molecule has 0 saturated carbocycles. The molecule has 20 heteroatoms. The summed E-state index contributed by atoms with van der Waals surface area (Å²) >= 11 is 3.58. The van der Waals surface area contributed by atoms with E-state index in [4.69, 9.17) is 30.0 Å². The molecule has 0 aliphatic carbocycles. The molecule has 4 aromatic rings. The third-order valence-electron chi connectivity index (χ3n) is 7.11. The van der Waals surface area contributed by atoms with Gasteiger partial charge in [-0.15, -0.1) is 0 Å². The summed E-state index contributed by atoms with van der Waals surface area (Å²) in [7, 11) is -2.54. The maximum atomic E-state index is 13.1. The molecule has 17 nitrogen and oxygen atoms in total. The summed E-state index contributed by atoms with van der Waals surface area (Å²) in [6.07, 6.45) is 6.02. The van der Waals surface area contributed by atoms with Crippen LogP contribution in [0.2, 0.25) is 0 Å². The second-order valence-electron chi connectivity index (χ2n) is 9.75. The molecule has 2 aliphatic rings. The van der Waals surface area contributed by atoms with Crippen LogP contribution in [-0.4, -0.2) is 75.5 Å². The van der Waals surface area contributed by atoms with Gasteiger partial charge in [0.25, 0.3) is 0 Å². The second-order valence-corrected chi connectivity index (χ2v) is 14.0. The van der Waals surface area contributed by atoms with Crippen LogP contribution in [0.25, 0.3) is 22.3 Å². The molecule has 2 saturated heterocycles. The molecule has 0 aromatic carbocycles. The molecule has 4 aromatic heterocycles. The Hall–Kier alpha value is -2.69. The highest BCUT2D eigenvalue weighted by atomic mass is 32.7. The van der Waals surface area contributed by atoms with Crippen molar-refractivity contribution < 1.29 is 32.5 Å². The Balaban J connectivity index is 1.08. The van der Waals surface area contributed by atoms with E-state index in [-0.39, 0.29) is 43.4 Å². The lowest BCUT2D eigenvalue weighted by atomic mass is 10.0. The molecule has 2 fully saturated rings. The van der Waals surface area contributed by atoms with E-state index in [9.17, 15) is 14.0 Å². The average molecular weight is 627 g/mol. The van der Waals surface area contributed by atoms with Gasteiger partial charge >= 0.3 is 6.80 Å². The maximum absolute atomic E-state index is 13.1. The minimum atomic E-state index is -4.06. The number of thiol groups is 1. The fourth-order valence-electron chi connectivity index (χ4n) is 5.15. The summed E-state index contributed by atoms with van der Waals surface area (Å²) in [5.41, 5.74) is 13.8. The summed E-state index contributed by atoms with van der Waals surface area (Å²) in [4.78, 5) is 34.5. The highest BCUT2D eigenvalue weighted by Crippen LogP contribution is 2.49. The van der Waals surface area contributed by atoms with Gasteiger partial charge in [0.05, 0.1) is 38.1 Å². The fourth-order valence-corrected chi connectivity index (χ4v) is 7.04. The molecule has 5 N–H and O–H groups in total. The highest BCUT2D eigenvalue weighted by molar-refractivity contribution is 8.44. The Morgan fingerprint density at radius 2 is 1.61 bits per heavy atom. The van der Waals surface area contributed by atoms with E-state index in [1.807, 2.05) is 0 Å². The first-order valence-electron chi connectivity index (χ1n) is 12.7. The number of rotatable bonds is 10. The Bertz CT molecular complexity index is 1630. The molecule has 0 radical (unpaired) electrons. The molecule has 0 amide bonds. The summed E-state index contributed by atoms with van der Waals surface area (Å²) in [5, 5.41) is 0. The van der Waals surface area contributed by atoms with Crippen molar-refractivity contribution in [3.05, 3.63) is 25.3 Å². The predicted molar refractivity (Wildman–Crippen MR) is 149 cm³/mol. The monoisotopic (exact) mass is 626 g/mol. The number of hydrogen-bond acceptors (Lipinski definition) is 14. The van der Waals surface area contributed by atoms with Gasteiger partial charge < -0.3 is 30.4 Å². The van der Waals surface area contributed by atoms with E-state index in [0.717, 1.165) is 0 Å². The Morgan fingerprint density at radius 3 is 2.24 bits per heavy atom. The van der Waals surface area contributed by atoms with Gasteiger partial charge in [-0.2, -0.15) is 0 Å². The SMILES string of the molecule is Nc1ncnc2c1ncn2[C@H]1C[C@H](C[PH](=O)OC[C@@H]2CC[C@H](n3cnc4c(N)ncnc43)O2)C(CO[P@@](=O)(O)S)O1. The third kappa shape index (κ3) is 6.10. The number of hydrogen-bond donors (Lipinski definition) is 4. The molecule has 0 bridgehead atoms. The molecule has 220 valence electrons. The zero-order valence-electron chi connectivity index (χ0n) is 21.5. The van der Waals surface area contributed by atoms with Gasteiger partial charge in [-0.1, -0.05) is 12.2 Å². The lowest BCUT2D eigenvalue weighted by Crippen LogP contribution is -2.24. The van der Waals surface area contributed by atoms with Gasteiger partial charge in [0.2, 0.25) is 0 Å². The van der Waals surface area contributed by atoms with Crippen LogP contribution in [0.3, 0.4) is 0 Å². The largest absolute Gasteiger partial charge is 0.383 e. The summed E-state index contributed by atoms with van der Waals surface area (Å²) in [6, 6.07) is 0. The first-order chi connectivity index (χ1) is 19.7. The van der Waals surface area contributed by atoms with Crippen molar-refractivity contribution in [1.82, 2.24) is 39.0 Å². The van der Waals surface area contributed by atoms with E-state index in [1.54, 1.807) is 15.5 Å². The minimum Gasteiger partial charge on any atom is -0.382 e. The van der Waals surface area contributed by atoms with Crippen LogP contribution in [0.4, 0.5) is 11.6 Å². The van der Waals surface area contributed by atoms with E-state index < -0.39 is 27.2 Å². The van der Waals surface area contributed by atoms with Gasteiger partial charge in [0, 0.05) is 12.1 Å². The number of aromatic nitrogens is 8. The maximum Gasteiger partial charge on any atom is 0.383 e. The standard InChI is InChI=1S/C21H28N10O7P2S/c22-18-16-20(26-7-24-18)30(9-28-16)14-2-1-12(37-14)4-35-39(32)6-11-3-15(38-13(11)5-36-40(33,34)41)31-10-29-17-19(23)25-8-27-21(17)31/h7-15,39H,1-6H2,(H2,22,24,26)(H2,23,25,27)(H2,33,34,41)/t11-,12+,13?,14-,15-/m1/s1. The van der Waals surface area contributed by atoms with Crippen molar-refractivity contribution in [1.29, 1.82) is 0 Å². The van der Waals surface area contributed by atoms with Crippen molar-refractivity contribution in [2.75, 3.05) is 30.8 Å². The van der Waals surface area contributed by atoms with Crippen molar-refractivity contribution in [3.8, 4) is 0 Å². The molecule has 2 aliphatic heterocycles. The molecule has 0 spiro atoms. The van der Waals surface area contributed by atoms with Crippen LogP contribution in [0.15, 0.2) is 25.3 Å². The molecular weight excluding hydrogens is 598 g/mol. The number of imidazole rings is 2. The highest BCUT2D eigenvalue weighted by Gasteiger charge is 2.39. The van der Waals surface area contributed by atoms with E-state index in [1.165, 1.54) is 19.0 Å². The number of ether oxygens (including phenoxy) is 2. The quantitative estimate of drug-likeness (QED) is 0.146. The van der Waals surface area contributed by atoms with Crippen molar-refractivity contribution >= 4 is 61.0 Å². The van der Waals surface area contributed by atoms with Crippen molar-refractivity contribution in [2.24, 2.45) is 5.92 Å². The van der Waals surface area contributed by atoms with Crippen LogP contribution in [0.1, 0.15) is 31.7 Å². The third-order valence-corrected chi connectivity index (χ3v) is 9.29. The molecular formula is C21H28N10O7P2S. The molecule has 2 unspecified atom stereocenters. The van der Waals surface area contributed by atoms with Gasteiger partial charge in [-0.3, -0.25) is 18.2 Å². The van der Waals surface area contributed by atoms with Gasteiger partial charge in [-0.05, 0) is 19.3 Å². The average Bonchev–Trinajstić information content (AvgIpc) is 3.71. The van der Waals surface area contributed by atoms with Crippen LogP contribution >= 0.6 is 27.1 Å². The van der Waals surface area contributed by atoms with E-state index >= 15 is 0 Å². The number of anilines is 2.